The van der Waals surface area contributed by atoms with E-state index in [0.717, 1.165) is 49.4 Å². The van der Waals surface area contributed by atoms with E-state index in [4.69, 9.17) is 9.47 Å². The van der Waals surface area contributed by atoms with Crippen LogP contribution in [0, 0.1) is 13.8 Å². The first kappa shape index (κ1) is 28.4. The maximum Gasteiger partial charge on any atom is 0.293 e. The molecule has 1 heterocycles. The number of imide groups is 1. The van der Waals surface area contributed by atoms with Crippen molar-refractivity contribution in [1.82, 2.24) is 4.90 Å². The summed E-state index contributed by atoms with van der Waals surface area (Å²) in [4.78, 5) is 40.1. The van der Waals surface area contributed by atoms with Gasteiger partial charge in [0, 0.05) is 10.2 Å². The van der Waals surface area contributed by atoms with Crippen LogP contribution in [0.25, 0.3) is 16.8 Å². The van der Waals surface area contributed by atoms with Gasteiger partial charge in [-0.05, 0) is 89.0 Å². The molecule has 1 aliphatic heterocycles. The molecule has 4 aromatic carbocycles. The average molecular weight is 632 g/mol. The van der Waals surface area contributed by atoms with Crippen LogP contribution >= 0.6 is 27.7 Å². The molecule has 0 atom stereocenters. The average Bonchev–Trinajstić information content (AvgIpc) is 3.24. The lowest BCUT2D eigenvalue weighted by Crippen LogP contribution is -2.27. The van der Waals surface area contributed by atoms with Crippen LogP contribution in [-0.2, 0) is 16.1 Å². The molecule has 0 unspecified atom stereocenters. The fraction of sp³-hybridized carbons (Fsp3) is 0.156. The van der Waals surface area contributed by atoms with Crippen molar-refractivity contribution in [3.05, 3.63) is 104 Å². The first-order chi connectivity index (χ1) is 19.7. The minimum atomic E-state index is -0.345. The van der Waals surface area contributed by atoms with E-state index in [2.05, 4.69) is 21.2 Å². The predicted molar refractivity (Wildman–Crippen MR) is 166 cm³/mol. The lowest BCUT2D eigenvalue weighted by molar-refractivity contribution is -0.123. The lowest BCUT2D eigenvalue weighted by Gasteiger charge is -2.14. The van der Waals surface area contributed by atoms with Crippen molar-refractivity contribution in [2.75, 3.05) is 19.0 Å². The van der Waals surface area contributed by atoms with Crippen LogP contribution in [0.1, 0.15) is 22.3 Å². The molecule has 0 saturated carbocycles. The lowest BCUT2D eigenvalue weighted by atomic mass is 10.0. The number of ether oxygens (including phenoxy) is 2. The Labute approximate surface area is 250 Å². The molecule has 0 radical (unpaired) electrons. The third kappa shape index (κ3) is 6.16. The molecule has 1 fully saturated rings. The van der Waals surface area contributed by atoms with E-state index in [1.165, 1.54) is 12.0 Å². The molecule has 1 N–H and O–H groups in total. The second-order valence-corrected chi connectivity index (χ2v) is 11.3. The molecule has 9 heteroatoms. The van der Waals surface area contributed by atoms with Crippen molar-refractivity contribution in [1.29, 1.82) is 0 Å². The molecule has 7 nitrogen and oxygen atoms in total. The highest BCUT2D eigenvalue weighted by Gasteiger charge is 2.35. The van der Waals surface area contributed by atoms with Crippen molar-refractivity contribution >= 4 is 67.3 Å². The number of halogens is 1. The summed E-state index contributed by atoms with van der Waals surface area (Å²) in [6.07, 6.45) is 1.66. The van der Waals surface area contributed by atoms with Gasteiger partial charge in [-0.25, -0.2) is 0 Å². The van der Waals surface area contributed by atoms with Crippen LogP contribution in [0.4, 0.5) is 10.5 Å². The van der Waals surface area contributed by atoms with Gasteiger partial charge < -0.3 is 14.8 Å². The summed E-state index contributed by atoms with van der Waals surface area (Å²) in [5.41, 5.74) is 4.30. The number of nitrogens with zero attached hydrogens (tertiary/aromatic N) is 1. The molecule has 5 rings (SSSR count). The van der Waals surface area contributed by atoms with E-state index in [9.17, 15) is 14.4 Å². The van der Waals surface area contributed by atoms with E-state index in [0.29, 0.717) is 22.0 Å². The summed E-state index contributed by atoms with van der Waals surface area (Å²) in [5, 5.41) is 4.62. The Balaban J connectivity index is 1.27. The van der Waals surface area contributed by atoms with Crippen LogP contribution in [0.3, 0.4) is 0 Å². The molecule has 0 aromatic heterocycles. The highest BCUT2D eigenvalue weighted by molar-refractivity contribution is 9.10. The Morgan fingerprint density at radius 3 is 2.56 bits per heavy atom. The van der Waals surface area contributed by atoms with Crippen LogP contribution < -0.4 is 14.8 Å². The van der Waals surface area contributed by atoms with Crippen molar-refractivity contribution in [3.63, 3.8) is 0 Å². The standard InChI is InChI=1S/C32H27BrN2O5S/c1-19-20(2)26(13-12-25(19)33)34-30(36)18-40-27-14-11-21(15-28(27)39-3)16-29-31(37)35(32(38)41-29)17-23-9-6-8-22-7-4-5-10-24(22)23/h4-16H,17-18H2,1-3H3,(H,34,36)/b29-16-. The third-order valence-corrected chi connectivity index (χ3v) is 8.69. The number of fused-ring (bicyclic) bond motifs is 1. The summed E-state index contributed by atoms with van der Waals surface area (Å²) in [6, 6.07) is 22.6. The summed E-state index contributed by atoms with van der Waals surface area (Å²) in [6.45, 7) is 3.90. The van der Waals surface area contributed by atoms with E-state index >= 15 is 0 Å². The molecular weight excluding hydrogens is 604 g/mol. The number of amides is 3. The Hall–Kier alpha value is -4.08. The number of hydrogen-bond donors (Lipinski definition) is 1. The number of carbonyl (C=O) groups excluding carboxylic acids is 3. The van der Waals surface area contributed by atoms with Crippen molar-refractivity contribution in [2.45, 2.75) is 20.4 Å². The molecule has 208 valence electrons. The van der Waals surface area contributed by atoms with Crippen molar-refractivity contribution in [3.8, 4) is 11.5 Å². The molecule has 0 bridgehead atoms. The molecule has 1 aliphatic rings. The molecule has 0 aliphatic carbocycles. The number of carbonyl (C=O) groups is 3. The molecule has 3 amide bonds. The summed E-state index contributed by atoms with van der Waals surface area (Å²) in [5.74, 6) is 0.132. The van der Waals surface area contributed by atoms with Gasteiger partial charge in [-0.15, -0.1) is 0 Å². The second-order valence-electron chi connectivity index (χ2n) is 9.50. The fourth-order valence-electron chi connectivity index (χ4n) is 4.53. The van der Waals surface area contributed by atoms with Crippen molar-refractivity contribution < 1.29 is 23.9 Å². The number of thioether (sulfide) groups is 1. The van der Waals surface area contributed by atoms with E-state index in [1.807, 2.05) is 68.4 Å². The minimum Gasteiger partial charge on any atom is -0.493 e. The van der Waals surface area contributed by atoms with E-state index in [1.54, 1.807) is 24.3 Å². The van der Waals surface area contributed by atoms with E-state index in [-0.39, 0.29) is 30.2 Å². The molecule has 0 spiro atoms. The van der Waals surface area contributed by atoms with Crippen LogP contribution in [0.2, 0.25) is 0 Å². The number of methoxy groups -OCH3 is 1. The number of hydrogen-bond acceptors (Lipinski definition) is 6. The number of benzene rings is 4. The molecule has 41 heavy (non-hydrogen) atoms. The SMILES string of the molecule is COc1cc(/C=C2\SC(=O)N(Cc3cccc4ccccc34)C2=O)ccc1OCC(=O)Nc1ccc(Br)c(C)c1C. The third-order valence-electron chi connectivity index (χ3n) is 6.92. The monoisotopic (exact) mass is 630 g/mol. The Morgan fingerprint density at radius 2 is 1.76 bits per heavy atom. The van der Waals surface area contributed by atoms with Gasteiger partial charge in [0.05, 0.1) is 18.6 Å². The van der Waals surface area contributed by atoms with Gasteiger partial charge >= 0.3 is 0 Å². The van der Waals surface area contributed by atoms with Gasteiger partial charge in [0.15, 0.2) is 18.1 Å². The maximum absolute atomic E-state index is 13.2. The summed E-state index contributed by atoms with van der Waals surface area (Å²) < 4.78 is 12.2. The fourth-order valence-corrected chi connectivity index (χ4v) is 5.80. The Kier molecular flexibility index (Phi) is 8.46. The van der Waals surface area contributed by atoms with Gasteiger partial charge in [-0.3, -0.25) is 19.3 Å². The Bertz CT molecular complexity index is 1710. The largest absolute Gasteiger partial charge is 0.493 e. The van der Waals surface area contributed by atoms with Gasteiger partial charge in [0.2, 0.25) is 0 Å². The predicted octanol–water partition coefficient (Wildman–Crippen LogP) is 7.48. The summed E-state index contributed by atoms with van der Waals surface area (Å²) >= 11 is 4.40. The van der Waals surface area contributed by atoms with Gasteiger partial charge in [0.25, 0.3) is 17.1 Å². The maximum atomic E-state index is 13.2. The Morgan fingerprint density at radius 1 is 0.976 bits per heavy atom. The van der Waals surface area contributed by atoms with Crippen LogP contribution in [0.5, 0.6) is 11.5 Å². The number of rotatable bonds is 8. The van der Waals surface area contributed by atoms with Gasteiger partial charge in [0.1, 0.15) is 0 Å². The first-order valence-corrected chi connectivity index (χ1v) is 14.4. The zero-order chi connectivity index (χ0) is 29.1. The van der Waals surface area contributed by atoms with Gasteiger partial charge in [-0.2, -0.15) is 0 Å². The quantitative estimate of drug-likeness (QED) is 0.203. The zero-order valence-electron chi connectivity index (χ0n) is 22.7. The number of nitrogens with one attached hydrogen (secondary N) is 1. The van der Waals surface area contributed by atoms with Gasteiger partial charge in [-0.1, -0.05) is 64.5 Å². The topological polar surface area (TPSA) is 84.9 Å². The van der Waals surface area contributed by atoms with E-state index < -0.39 is 0 Å². The normalized spacial score (nSPS) is 14.1. The minimum absolute atomic E-state index is 0.195. The first-order valence-electron chi connectivity index (χ1n) is 12.8. The smallest absolute Gasteiger partial charge is 0.293 e. The highest BCUT2D eigenvalue weighted by Crippen LogP contribution is 2.36. The van der Waals surface area contributed by atoms with Crippen molar-refractivity contribution in [2.24, 2.45) is 0 Å². The second kappa shape index (κ2) is 12.2. The van der Waals surface area contributed by atoms with Crippen LogP contribution in [0.15, 0.2) is 82.2 Å². The zero-order valence-corrected chi connectivity index (χ0v) is 25.1. The molecule has 1 saturated heterocycles. The molecule has 4 aromatic rings. The number of anilines is 1. The van der Waals surface area contributed by atoms with Crippen LogP contribution in [-0.4, -0.2) is 35.7 Å². The highest BCUT2D eigenvalue weighted by atomic mass is 79.9. The summed E-state index contributed by atoms with van der Waals surface area (Å²) in [7, 11) is 1.50. The molecular formula is C32H27BrN2O5S.